The van der Waals surface area contributed by atoms with Gasteiger partial charge in [0.05, 0.1) is 6.61 Å². The van der Waals surface area contributed by atoms with E-state index in [4.69, 9.17) is 14.2 Å². The summed E-state index contributed by atoms with van der Waals surface area (Å²) >= 11 is 0. The second kappa shape index (κ2) is 27.1. The number of nitrogens with one attached hydrogen (secondary N) is 6. The number of benzene rings is 2. The van der Waals surface area contributed by atoms with Crippen LogP contribution in [-0.2, 0) is 55.8 Å². The van der Waals surface area contributed by atoms with Gasteiger partial charge in [-0.25, -0.2) is 14.4 Å². The minimum atomic E-state index is -1.30. The van der Waals surface area contributed by atoms with Gasteiger partial charge in [0.15, 0.2) is 0 Å². The zero-order chi connectivity index (χ0) is 52.3. The Morgan fingerprint density at radius 2 is 1.26 bits per heavy atom. The fourth-order valence-corrected chi connectivity index (χ4v) is 7.68. The molecule has 1 heterocycles. The molecule has 19 nitrogen and oxygen atoms in total. The lowest BCUT2D eigenvalue weighted by atomic mass is 9.99. The zero-order valence-corrected chi connectivity index (χ0v) is 42.8. The average Bonchev–Trinajstić information content (AvgIpc) is 3.75. The monoisotopic (exact) mass is 980 g/mol. The van der Waals surface area contributed by atoms with Crippen LogP contribution in [0, 0.1) is 11.8 Å². The molecule has 1 aliphatic heterocycles. The van der Waals surface area contributed by atoms with E-state index in [2.05, 4.69) is 31.9 Å². The molecular formula is C51H77N7O12. The molecule has 0 spiro atoms. The summed E-state index contributed by atoms with van der Waals surface area (Å²) in [6, 6.07) is 8.20. The first kappa shape index (κ1) is 57.9. The van der Waals surface area contributed by atoms with Crippen molar-refractivity contribution in [2.75, 3.05) is 19.7 Å². The van der Waals surface area contributed by atoms with Gasteiger partial charge >= 0.3 is 18.2 Å². The van der Waals surface area contributed by atoms with Crippen molar-refractivity contribution in [2.45, 2.75) is 169 Å². The third kappa shape index (κ3) is 20.3. The lowest BCUT2D eigenvalue weighted by Crippen LogP contribution is -2.60. The van der Waals surface area contributed by atoms with Crippen LogP contribution in [0.4, 0.5) is 9.59 Å². The predicted molar refractivity (Wildman–Crippen MR) is 262 cm³/mol. The summed E-state index contributed by atoms with van der Waals surface area (Å²) < 4.78 is 16.0. The van der Waals surface area contributed by atoms with Gasteiger partial charge in [-0.05, 0) is 116 Å². The van der Waals surface area contributed by atoms with E-state index in [0.717, 1.165) is 5.56 Å². The van der Waals surface area contributed by atoms with Crippen LogP contribution in [-0.4, -0.2) is 125 Å². The Bertz CT molecular complexity index is 2070. The number of esters is 1. The van der Waals surface area contributed by atoms with Crippen molar-refractivity contribution in [1.82, 2.24) is 36.8 Å². The van der Waals surface area contributed by atoms with E-state index in [9.17, 15) is 43.5 Å². The highest BCUT2D eigenvalue weighted by atomic mass is 16.6. The lowest BCUT2D eigenvalue weighted by molar-refractivity contribution is -0.148. The molecule has 0 unspecified atom stereocenters. The zero-order valence-electron chi connectivity index (χ0n) is 42.8. The van der Waals surface area contributed by atoms with Crippen molar-refractivity contribution >= 4 is 47.7 Å². The van der Waals surface area contributed by atoms with Crippen molar-refractivity contribution in [3.63, 3.8) is 0 Å². The quantitative estimate of drug-likeness (QED) is 0.0459. The minimum absolute atomic E-state index is 0.00808. The molecule has 7 N–H and O–H groups in total. The van der Waals surface area contributed by atoms with Crippen LogP contribution in [0.2, 0.25) is 0 Å². The van der Waals surface area contributed by atoms with Crippen LogP contribution >= 0.6 is 0 Å². The number of carbonyl (C=O) groups is 8. The maximum absolute atomic E-state index is 14.4. The number of ether oxygens (including phenoxy) is 3. The van der Waals surface area contributed by atoms with Crippen molar-refractivity contribution < 1.29 is 57.7 Å². The maximum atomic E-state index is 14.4. The van der Waals surface area contributed by atoms with Crippen LogP contribution in [0.15, 0.2) is 54.6 Å². The topological polar surface area (TPSA) is 260 Å². The van der Waals surface area contributed by atoms with Crippen molar-refractivity contribution in [1.29, 1.82) is 0 Å². The van der Waals surface area contributed by atoms with Gasteiger partial charge in [0, 0.05) is 25.9 Å². The Hall–Kier alpha value is -6.40. The molecule has 1 fully saturated rings. The van der Waals surface area contributed by atoms with E-state index in [1.54, 1.807) is 74.4 Å². The highest BCUT2D eigenvalue weighted by Gasteiger charge is 2.40. The summed E-state index contributed by atoms with van der Waals surface area (Å²) in [5.74, 6) is -4.53. The van der Waals surface area contributed by atoms with E-state index in [1.807, 2.05) is 44.2 Å². The Balaban J connectivity index is 1.90. The molecule has 0 aliphatic carbocycles. The second-order valence-corrected chi connectivity index (χ2v) is 20.3. The number of carbonyl (C=O) groups excluding carboxylic acids is 8. The molecule has 7 amide bonds. The molecule has 3 rings (SSSR count). The van der Waals surface area contributed by atoms with Crippen LogP contribution in [0.5, 0.6) is 5.75 Å². The number of phenolic OH excluding ortho intramolecular Hbond substituents is 1. The molecule has 6 atom stereocenters. The first-order chi connectivity index (χ1) is 32.8. The third-order valence-electron chi connectivity index (χ3n) is 10.9. The largest absolute Gasteiger partial charge is 0.508 e. The molecule has 1 saturated heterocycles. The molecule has 70 heavy (non-hydrogen) atoms. The molecule has 1 aliphatic rings. The number of rotatable bonds is 23. The van der Waals surface area contributed by atoms with Crippen LogP contribution in [0.3, 0.4) is 0 Å². The fraction of sp³-hybridized carbons (Fsp3) is 0.608. The van der Waals surface area contributed by atoms with Gasteiger partial charge in [0.1, 0.15) is 53.2 Å². The number of phenols is 1. The molecule has 388 valence electrons. The van der Waals surface area contributed by atoms with E-state index >= 15 is 0 Å². The third-order valence-corrected chi connectivity index (χ3v) is 10.9. The average molecular weight is 980 g/mol. The molecular weight excluding hydrogens is 903 g/mol. The summed E-state index contributed by atoms with van der Waals surface area (Å²) in [7, 11) is 0. The normalized spacial score (nSPS) is 15.9. The Kier molecular flexibility index (Phi) is 22.4. The molecule has 2 aromatic rings. The van der Waals surface area contributed by atoms with Gasteiger partial charge in [-0.2, -0.15) is 0 Å². The molecule has 0 radical (unpaired) electrons. The number of likely N-dealkylation sites (tertiary alicyclic amines) is 1. The highest BCUT2D eigenvalue weighted by molar-refractivity contribution is 5.97. The SMILES string of the molecule is CCOC(=O)[C@H](CC(C)C)NC(=O)[C@H](CCCNC(=O)OC(C)(C)C)NC(=O)[C@@H](NC(=O)[C@@H](Cc1ccc(O)cc1)NC(=O)[C@@H]1CCCN1C(=O)[C@H](Cc1ccccc1)NC(=O)OC(C)(C)C)C(C)C. The van der Waals surface area contributed by atoms with Gasteiger partial charge in [0.25, 0.3) is 0 Å². The lowest BCUT2D eigenvalue weighted by Gasteiger charge is -2.31. The van der Waals surface area contributed by atoms with E-state index in [1.165, 1.54) is 17.0 Å². The summed E-state index contributed by atoms with van der Waals surface area (Å²) in [5, 5.41) is 26.4. The van der Waals surface area contributed by atoms with Crippen molar-refractivity contribution in [3.8, 4) is 5.75 Å². The molecule has 0 saturated carbocycles. The fourth-order valence-electron chi connectivity index (χ4n) is 7.68. The minimum Gasteiger partial charge on any atom is -0.508 e. The van der Waals surface area contributed by atoms with Crippen LogP contribution in [0.25, 0.3) is 0 Å². The molecule has 0 bridgehead atoms. The Labute approximate surface area is 412 Å². The van der Waals surface area contributed by atoms with Crippen LogP contribution in [0.1, 0.15) is 119 Å². The number of amides is 7. The summed E-state index contributed by atoms with van der Waals surface area (Å²) in [4.78, 5) is 111. The van der Waals surface area contributed by atoms with E-state index in [0.29, 0.717) is 12.0 Å². The number of aromatic hydroxyl groups is 1. The molecule has 19 heteroatoms. The number of alkyl carbamates (subject to hydrolysis) is 2. The van der Waals surface area contributed by atoms with E-state index in [-0.39, 0.29) is 69.9 Å². The first-order valence-electron chi connectivity index (χ1n) is 24.2. The molecule has 0 aromatic heterocycles. The van der Waals surface area contributed by atoms with Crippen LogP contribution < -0.4 is 31.9 Å². The van der Waals surface area contributed by atoms with Gasteiger partial charge in [-0.3, -0.25) is 24.0 Å². The first-order valence-corrected chi connectivity index (χ1v) is 24.2. The Morgan fingerprint density at radius 3 is 1.84 bits per heavy atom. The number of hydrogen-bond acceptors (Lipinski definition) is 12. The highest BCUT2D eigenvalue weighted by Crippen LogP contribution is 2.22. The molecule has 2 aromatic carbocycles. The van der Waals surface area contributed by atoms with Crippen molar-refractivity contribution in [3.05, 3.63) is 65.7 Å². The van der Waals surface area contributed by atoms with E-state index < -0.39 is 101 Å². The van der Waals surface area contributed by atoms with Gasteiger partial charge in [-0.1, -0.05) is 70.2 Å². The standard InChI is InChI=1S/C51H77N7O12/c1-12-68-47(65)39(28-31(2)3)55-42(60)36(20-16-26-52-48(66)69-50(6,7)8)53-45(63)41(32(4)5)57-43(61)37(29-34-22-24-35(59)25-23-34)54-44(62)40-21-17-27-58(40)46(64)38(30-33-18-14-13-15-19-33)56-49(67)70-51(9,10)11/h13-15,18-19,22-25,31-32,36-41,59H,12,16-17,20-21,26-30H2,1-11H3,(H,52,66)(H,53,63)(H,54,62)(H,55,60)(H,56,67)(H,57,61)/t36-,37+,38-,39-,40-,41-/m0/s1. The summed E-state index contributed by atoms with van der Waals surface area (Å²) in [6.45, 7) is 19.4. The summed E-state index contributed by atoms with van der Waals surface area (Å²) in [5.41, 5.74) is -0.266. The van der Waals surface area contributed by atoms with Crippen molar-refractivity contribution in [2.24, 2.45) is 11.8 Å². The summed E-state index contributed by atoms with van der Waals surface area (Å²) in [6.07, 6.45) is -0.232. The maximum Gasteiger partial charge on any atom is 0.408 e. The van der Waals surface area contributed by atoms with Gasteiger partial charge < -0.3 is 56.1 Å². The number of nitrogens with zero attached hydrogens (tertiary/aromatic N) is 1. The second-order valence-electron chi connectivity index (χ2n) is 20.3. The smallest absolute Gasteiger partial charge is 0.408 e. The predicted octanol–water partition coefficient (Wildman–Crippen LogP) is 4.57. The van der Waals surface area contributed by atoms with Gasteiger partial charge in [-0.15, -0.1) is 0 Å². The van der Waals surface area contributed by atoms with Gasteiger partial charge in [0.2, 0.25) is 29.5 Å². The Morgan fingerprint density at radius 1 is 0.686 bits per heavy atom. The number of hydrogen-bond donors (Lipinski definition) is 7.